The van der Waals surface area contributed by atoms with Crippen molar-refractivity contribution in [1.29, 1.82) is 0 Å². The standard InChI is InChI=1S/C21H23F3N2O2/c1-15(17-7-9-18(10-8-17)21(22,23)24)13-20(28)25-12-11-19(27)26-14-16-5-3-2-4-6-16/h2-10,15H,11-14H2,1H3,(H,25,28)(H,26,27). The van der Waals surface area contributed by atoms with Crippen LogP contribution in [0, 0.1) is 0 Å². The van der Waals surface area contributed by atoms with Gasteiger partial charge in [-0.25, -0.2) is 0 Å². The van der Waals surface area contributed by atoms with Gasteiger partial charge in [0.05, 0.1) is 5.56 Å². The highest BCUT2D eigenvalue weighted by Gasteiger charge is 2.30. The summed E-state index contributed by atoms with van der Waals surface area (Å²) in [6, 6.07) is 14.3. The zero-order valence-corrected chi connectivity index (χ0v) is 15.6. The highest BCUT2D eigenvalue weighted by molar-refractivity contribution is 5.79. The summed E-state index contributed by atoms with van der Waals surface area (Å²) in [5.41, 5.74) is 0.934. The fourth-order valence-corrected chi connectivity index (χ4v) is 2.67. The number of hydrogen-bond donors (Lipinski definition) is 2. The molecule has 2 N–H and O–H groups in total. The Balaban J connectivity index is 1.69. The quantitative estimate of drug-likeness (QED) is 0.713. The highest BCUT2D eigenvalue weighted by atomic mass is 19.4. The molecular weight excluding hydrogens is 369 g/mol. The molecule has 0 heterocycles. The van der Waals surface area contributed by atoms with Crippen LogP contribution in [0.3, 0.4) is 0 Å². The van der Waals surface area contributed by atoms with Crippen LogP contribution in [0.1, 0.15) is 42.4 Å². The summed E-state index contributed by atoms with van der Waals surface area (Å²) in [6.07, 6.45) is -4.08. The van der Waals surface area contributed by atoms with Crippen LogP contribution in [-0.4, -0.2) is 18.4 Å². The molecule has 0 bridgehead atoms. The van der Waals surface area contributed by atoms with Gasteiger partial charge in [0.15, 0.2) is 0 Å². The van der Waals surface area contributed by atoms with Crippen molar-refractivity contribution in [2.24, 2.45) is 0 Å². The van der Waals surface area contributed by atoms with E-state index in [4.69, 9.17) is 0 Å². The lowest BCUT2D eigenvalue weighted by atomic mass is 9.96. The molecule has 150 valence electrons. The van der Waals surface area contributed by atoms with E-state index in [1.54, 1.807) is 6.92 Å². The lowest BCUT2D eigenvalue weighted by Gasteiger charge is -2.13. The van der Waals surface area contributed by atoms with Crippen molar-refractivity contribution in [2.45, 2.75) is 38.4 Å². The maximum absolute atomic E-state index is 12.6. The predicted molar refractivity (Wildman–Crippen MR) is 100 cm³/mol. The Morgan fingerprint density at radius 3 is 2.18 bits per heavy atom. The lowest BCUT2D eigenvalue weighted by Crippen LogP contribution is -2.31. The second-order valence-electron chi connectivity index (χ2n) is 6.59. The molecule has 0 radical (unpaired) electrons. The summed E-state index contributed by atoms with van der Waals surface area (Å²) in [7, 11) is 0. The lowest BCUT2D eigenvalue weighted by molar-refractivity contribution is -0.137. The zero-order chi connectivity index (χ0) is 20.6. The topological polar surface area (TPSA) is 58.2 Å². The molecule has 2 amide bonds. The third-order valence-electron chi connectivity index (χ3n) is 4.31. The molecule has 7 heteroatoms. The van der Waals surface area contributed by atoms with Gasteiger partial charge in [-0.2, -0.15) is 13.2 Å². The Kier molecular flexibility index (Phi) is 7.61. The summed E-state index contributed by atoms with van der Waals surface area (Å²) in [5, 5.41) is 5.44. The average Bonchev–Trinajstić information content (AvgIpc) is 2.66. The number of rotatable bonds is 8. The van der Waals surface area contributed by atoms with E-state index in [-0.39, 0.29) is 37.1 Å². The molecule has 2 aromatic carbocycles. The monoisotopic (exact) mass is 392 g/mol. The smallest absolute Gasteiger partial charge is 0.356 e. The van der Waals surface area contributed by atoms with Crippen LogP contribution in [0.4, 0.5) is 13.2 Å². The molecule has 0 spiro atoms. The molecule has 0 saturated carbocycles. The fraction of sp³-hybridized carbons (Fsp3) is 0.333. The van der Waals surface area contributed by atoms with Gasteiger partial charge < -0.3 is 10.6 Å². The van der Waals surface area contributed by atoms with Crippen molar-refractivity contribution >= 4 is 11.8 Å². The van der Waals surface area contributed by atoms with Crippen LogP contribution in [-0.2, 0) is 22.3 Å². The van der Waals surface area contributed by atoms with Gasteiger partial charge >= 0.3 is 6.18 Å². The van der Waals surface area contributed by atoms with Gasteiger partial charge in [0, 0.05) is 25.9 Å². The molecule has 0 saturated heterocycles. The molecule has 28 heavy (non-hydrogen) atoms. The van der Waals surface area contributed by atoms with Gasteiger partial charge in [-0.1, -0.05) is 49.4 Å². The second kappa shape index (κ2) is 9.92. The van der Waals surface area contributed by atoms with E-state index in [1.807, 2.05) is 30.3 Å². The van der Waals surface area contributed by atoms with E-state index in [1.165, 1.54) is 12.1 Å². The molecule has 0 aliphatic heterocycles. The van der Waals surface area contributed by atoms with E-state index in [0.717, 1.165) is 17.7 Å². The molecule has 4 nitrogen and oxygen atoms in total. The molecule has 1 unspecified atom stereocenters. The van der Waals surface area contributed by atoms with Crippen LogP contribution in [0.5, 0.6) is 0 Å². The second-order valence-corrected chi connectivity index (χ2v) is 6.59. The van der Waals surface area contributed by atoms with E-state index in [9.17, 15) is 22.8 Å². The number of carbonyl (C=O) groups excluding carboxylic acids is 2. The van der Waals surface area contributed by atoms with Crippen molar-refractivity contribution in [1.82, 2.24) is 10.6 Å². The minimum absolute atomic E-state index is 0.136. The maximum Gasteiger partial charge on any atom is 0.416 e. The Labute approximate surface area is 162 Å². The maximum atomic E-state index is 12.6. The summed E-state index contributed by atoms with van der Waals surface area (Å²) in [6.45, 7) is 2.41. The van der Waals surface area contributed by atoms with Gasteiger partial charge in [0.25, 0.3) is 0 Å². The summed E-state index contributed by atoms with van der Waals surface area (Å²) < 4.78 is 37.8. The molecule has 0 fully saturated rings. The van der Waals surface area contributed by atoms with E-state index in [2.05, 4.69) is 10.6 Å². The van der Waals surface area contributed by atoms with Gasteiger partial charge in [0.2, 0.25) is 11.8 Å². The fourth-order valence-electron chi connectivity index (χ4n) is 2.67. The first-order chi connectivity index (χ1) is 13.3. The number of halogens is 3. The first kappa shape index (κ1) is 21.5. The molecule has 0 aromatic heterocycles. The third-order valence-corrected chi connectivity index (χ3v) is 4.31. The Bertz CT molecular complexity index is 774. The van der Waals surface area contributed by atoms with Crippen LogP contribution in [0.25, 0.3) is 0 Å². The molecular formula is C21H23F3N2O2. The SMILES string of the molecule is CC(CC(=O)NCCC(=O)NCc1ccccc1)c1ccc(C(F)(F)F)cc1. The Hall–Kier alpha value is -2.83. The number of hydrogen-bond acceptors (Lipinski definition) is 2. The van der Waals surface area contributed by atoms with Crippen LogP contribution in [0.15, 0.2) is 54.6 Å². The number of carbonyl (C=O) groups is 2. The zero-order valence-electron chi connectivity index (χ0n) is 15.6. The average molecular weight is 392 g/mol. The van der Waals surface area contributed by atoms with Crippen molar-refractivity contribution in [3.63, 3.8) is 0 Å². The molecule has 1 atom stereocenters. The minimum Gasteiger partial charge on any atom is -0.356 e. The minimum atomic E-state index is -4.37. The number of alkyl halides is 3. The van der Waals surface area contributed by atoms with E-state index < -0.39 is 11.7 Å². The summed E-state index contributed by atoms with van der Waals surface area (Å²) >= 11 is 0. The Morgan fingerprint density at radius 2 is 1.57 bits per heavy atom. The predicted octanol–water partition coefficient (Wildman–Crippen LogP) is 4.02. The molecule has 2 rings (SSSR count). The highest BCUT2D eigenvalue weighted by Crippen LogP contribution is 2.30. The van der Waals surface area contributed by atoms with Crippen LogP contribution < -0.4 is 10.6 Å². The number of amides is 2. The van der Waals surface area contributed by atoms with Crippen molar-refractivity contribution in [2.75, 3.05) is 6.54 Å². The number of benzene rings is 2. The summed E-state index contributed by atoms with van der Waals surface area (Å²) in [5.74, 6) is -0.641. The molecule has 2 aromatic rings. The molecule has 0 aliphatic rings. The summed E-state index contributed by atoms with van der Waals surface area (Å²) in [4.78, 5) is 23.8. The first-order valence-corrected chi connectivity index (χ1v) is 9.00. The third kappa shape index (κ3) is 7.06. The van der Waals surface area contributed by atoms with Gasteiger partial charge in [0.1, 0.15) is 0 Å². The van der Waals surface area contributed by atoms with Gasteiger partial charge in [-0.3, -0.25) is 9.59 Å². The van der Waals surface area contributed by atoms with E-state index in [0.29, 0.717) is 12.1 Å². The largest absolute Gasteiger partial charge is 0.416 e. The van der Waals surface area contributed by atoms with Gasteiger partial charge in [-0.15, -0.1) is 0 Å². The molecule has 0 aliphatic carbocycles. The van der Waals surface area contributed by atoms with Crippen LogP contribution in [0.2, 0.25) is 0 Å². The van der Waals surface area contributed by atoms with Crippen molar-refractivity contribution < 1.29 is 22.8 Å². The van der Waals surface area contributed by atoms with Crippen LogP contribution >= 0.6 is 0 Å². The first-order valence-electron chi connectivity index (χ1n) is 9.00. The Morgan fingerprint density at radius 1 is 0.929 bits per heavy atom. The van der Waals surface area contributed by atoms with Crippen molar-refractivity contribution in [3.05, 3.63) is 71.3 Å². The van der Waals surface area contributed by atoms with Crippen molar-refractivity contribution in [3.8, 4) is 0 Å². The number of nitrogens with one attached hydrogen (secondary N) is 2. The van der Waals surface area contributed by atoms with Gasteiger partial charge in [-0.05, 0) is 29.2 Å². The van der Waals surface area contributed by atoms with E-state index >= 15 is 0 Å². The normalized spacial score (nSPS) is 12.3.